The summed E-state index contributed by atoms with van der Waals surface area (Å²) in [4.78, 5) is 0. The zero-order valence-electron chi connectivity index (χ0n) is 10.00. The second kappa shape index (κ2) is 4.82. The van der Waals surface area contributed by atoms with Gasteiger partial charge in [0.15, 0.2) is 11.6 Å². The van der Waals surface area contributed by atoms with Crippen molar-refractivity contribution in [2.45, 2.75) is 11.8 Å². The van der Waals surface area contributed by atoms with E-state index in [1.807, 2.05) is 18.2 Å². The number of ether oxygens (including phenoxy) is 1. The standard InChI is InChI=1S/C15H11ClF2O/c16-15(11-1-3-12(17)13(18)8-11)10-2-4-14-9(7-10)5-6-19-14/h1-4,7-8,15H,5-6H2. The lowest BCUT2D eigenvalue weighted by Crippen LogP contribution is -1.96. The lowest BCUT2D eigenvalue weighted by molar-refractivity contribution is 0.357. The average Bonchev–Trinajstić information content (AvgIpc) is 2.88. The highest BCUT2D eigenvalue weighted by atomic mass is 35.5. The number of hydrogen-bond donors (Lipinski definition) is 0. The van der Waals surface area contributed by atoms with Crippen LogP contribution in [0.5, 0.6) is 5.75 Å². The van der Waals surface area contributed by atoms with Crippen LogP contribution in [-0.2, 0) is 6.42 Å². The molecule has 4 heteroatoms. The molecule has 3 rings (SSSR count). The molecule has 0 radical (unpaired) electrons. The van der Waals surface area contributed by atoms with Gasteiger partial charge in [-0.15, -0.1) is 11.6 Å². The first-order valence-corrected chi connectivity index (χ1v) is 6.43. The Labute approximate surface area is 114 Å². The van der Waals surface area contributed by atoms with Gasteiger partial charge in [-0.25, -0.2) is 8.78 Å². The van der Waals surface area contributed by atoms with E-state index in [0.717, 1.165) is 35.4 Å². The van der Waals surface area contributed by atoms with E-state index in [4.69, 9.17) is 16.3 Å². The average molecular weight is 281 g/mol. The summed E-state index contributed by atoms with van der Waals surface area (Å²) in [7, 11) is 0. The fraction of sp³-hybridized carbons (Fsp3) is 0.200. The predicted octanol–water partition coefficient (Wildman–Crippen LogP) is 4.23. The molecule has 0 N–H and O–H groups in total. The van der Waals surface area contributed by atoms with Crippen LogP contribution >= 0.6 is 11.6 Å². The Balaban J connectivity index is 1.94. The summed E-state index contributed by atoms with van der Waals surface area (Å²) in [6.07, 6.45) is 0.852. The molecule has 2 aromatic rings. The molecule has 1 aliphatic rings. The summed E-state index contributed by atoms with van der Waals surface area (Å²) in [6.45, 7) is 0.677. The molecule has 0 amide bonds. The summed E-state index contributed by atoms with van der Waals surface area (Å²) in [5.74, 6) is -0.875. The minimum atomic E-state index is -0.882. The van der Waals surface area contributed by atoms with Gasteiger partial charge in [0, 0.05) is 6.42 Å². The van der Waals surface area contributed by atoms with Gasteiger partial charge in [0.2, 0.25) is 0 Å². The minimum absolute atomic E-state index is 0.499. The highest BCUT2D eigenvalue weighted by molar-refractivity contribution is 6.22. The van der Waals surface area contributed by atoms with Crippen LogP contribution in [0.3, 0.4) is 0 Å². The molecule has 1 heterocycles. The van der Waals surface area contributed by atoms with Crippen molar-refractivity contribution in [1.29, 1.82) is 0 Å². The molecular weight excluding hydrogens is 270 g/mol. The van der Waals surface area contributed by atoms with E-state index in [2.05, 4.69) is 0 Å². The Hall–Kier alpha value is -1.61. The van der Waals surface area contributed by atoms with E-state index in [1.165, 1.54) is 6.07 Å². The summed E-state index contributed by atoms with van der Waals surface area (Å²) < 4.78 is 31.6. The summed E-state index contributed by atoms with van der Waals surface area (Å²) >= 11 is 6.33. The van der Waals surface area contributed by atoms with E-state index < -0.39 is 17.0 Å². The molecule has 1 aliphatic heterocycles. The van der Waals surface area contributed by atoms with Crippen molar-refractivity contribution in [2.75, 3.05) is 6.61 Å². The Morgan fingerprint density at radius 3 is 2.53 bits per heavy atom. The molecule has 2 aromatic carbocycles. The molecule has 0 aromatic heterocycles. The first-order valence-electron chi connectivity index (χ1n) is 6.00. The normalized spacial score (nSPS) is 14.9. The third-order valence-corrected chi connectivity index (χ3v) is 3.75. The van der Waals surface area contributed by atoms with Crippen molar-refractivity contribution >= 4 is 11.6 Å². The Kier molecular flexibility index (Phi) is 3.15. The van der Waals surface area contributed by atoms with Crippen molar-refractivity contribution in [3.63, 3.8) is 0 Å². The molecular formula is C15H11ClF2O. The maximum Gasteiger partial charge on any atom is 0.159 e. The van der Waals surface area contributed by atoms with Crippen LogP contribution < -0.4 is 4.74 Å². The zero-order chi connectivity index (χ0) is 13.4. The van der Waals surface area contributed by atoms with Crippen molar-refractivity contribution in [3.8, 4) is 5.75 Å². The van der Waals surface area contributed by atoms with Crippen LogP contribution in [0, 0.1) is 11.6 Å². The van der Waals surface area contributed by atoms with Gasteiger partial charge in [-0.2, -0.15) is 0 Å². The highest BCUT2D eigenvalue weighted by Crippen LogP contribution is 2.34. The van der Waals surface area contributed by atoms with Crippen molar-refractivity contribution in [3.05, 3.63) is 64.7 Å². The van der Waals surface area contributed by atoms with Crippen LogP contribution in [0.25, 0.3) is 0 Å². The van der Waals surface area contributed by atoms with Crippen molar-refractivity contribution in [2.24, 2.45) is 0 Å². The van der Waals surface area contributed by atoms with E-state index in [9.17, 15) is 8.78 Å². The van der Waals surface area contributed by atoms with E-state index in [0.29, 0.717) is 12.2 Å². The fourth-order valence-corrected chi connectivity index (χ4v) is 2.50. The number of hydrogen-bond acceptors (Lipinski definition) is 1. The van der Waals surface area contributed by atoms with Crippen molar-refractivity contribution < 1.29 is 13.5 Å². The van der Waals surface area contributed by atoms with Crippen LogP contribution in [0.2, 0.25) is 0 Å². The molecule has 1 unspecified atom stereocenters. The molecule has 0 bridgehead atoms. The summed E-state index contributed by atoms with van der Waals surface area (Å²) in [5.41, 5.74) is 2.50. The maximum absolute atomic E-state index is 13.2. The summed E-state index contributed by atoms with van der Waals surface area (Å²) in [6, 6.07) is 9.41. The number of rotatable bonds is 2. The van der Waals surface area contributed by atoms with Gasteiger partial charge in [0.05, 0.1) is 12.0 Å². The lowest BCUT2D eigenvalue weighted by Gasteiger charge is -2.12. The first-order chi connectivity index (χ1) is 9.15. The number of alkyl halides is 1. The Bertz CT molecular complexity index is 628. The molecule has 0 saturated heterocycles. The van der Waals surface area contributed by atoms with Gasteiger partial charge in [0.1, 0.15) is 5.75 Å². The molecule has 1 nitrogen and oxygen atoms in total. The topological polar surface area (TPSA) is 9.23 Å². The minimum Gasteiger partial charge on any atom is -0.493 e. The monoisotopic (exact) mass is 280 g/mol. The van der Waals surface area contributed by atoms with E-state index >= 15 is 0 Å². The molecule has 0 fully saturated rings. The Morgan fingerprint density at radius 2 is 1.74 bits per heavy atom. The first kappa shape index (κ1) is 12.4. The van der Waals surface area contributed by atoms with Crippen LogP contribution in [0.15, 0.2) is 36.4 Å². The zero-order valence-corrected chi connectivity index (χ0v) is 10.8. The lowest BCUT2D eigenvalue weighted by atomic mass is 10.0. The number of benzene rings is 2. The second-order valence-corrected chi connectivity index (χ2v) is 4.94. The van der Waals surface area contributed by atoms with Gasteiger partial charge in [-0.05, 0) is 34.9 Å². The fourth-order valence-electron chi connectivity index (χ4n) is 2.23. The van der Waals surface area contributed by atoms with Gasteiger partial charge in [0.25, 0.3) is 0 Å². The van der Waals surface area contributed by atoms with Gasteiger partial charge in [-0.1, -0.05) is 18.2 Å². The van der Waals surface area contributed by atoms with Crippen LogP contribution in [0.4, 0.5) is 8.78 Å². The van der Waals surface area contributed by atoms with Gasteiger partial charge >= 0.3 is 0 Å². The molecule has 1 atom stereocenters. The SMILES string of the molecule is Fc1ccc(C(Cl)c2ccc3c(c2)CCO3)cc1F. The maximum atomic E-state index is 13.2. The third kappa shape index (κ3) is 2.30. The molecule has 0 spiro atoms. The van der Waals surface area contributed by atoms with Gasteiger partial charge in [-0.3, -0.25) is 0 Å². The van der Waals surface area contributed by atoms with Crippen LogP contribution in [0.1, 0.15) is 22.1 Å². The number of fused-ring (bicyclic) bond motifs is 1. The molecule has 19 heavy (non-hydrogen) atoms. The largest absolute Gasteiger partial charge is 0.493 e. The molecule has 0 aliphatic carbocycles. The molecule has 0 saturated carbocycles. The van der Waals surface area contributed by atoms with E-state index in [-0.39, 0.29) is 0 Å². The smallest absolute Gasteiger partial charge is 0.159 e. The van der Waals surface area contributed by atoms with Gasteiger partial charge < -0.3 is 4.74 Å². The third-order valence-electron chi connectivity index (χ3n) is 3.24. The highest BCUT2D eigenvalue weighted by Gasteiger charge is 2.17. The van der Waals surface area contributed by atoms with Crippen LogP contribution in [-0.4, -0.2) is 6.61 Å². The van der Waals surface area contributed by atoms with E-state index in [1.54, 1.807) is 0 Å². The van der Waals surface area contributed by atoms with Crippen molar-refractivity contribution in [1.82, 2.24) is 0 Å². The quantitative estimate of drug-likeness (QED) is 0.748. The molecule has 98 valence electrons. The Morgan fingerprint density at radius 1 is 1.00 bits per heavy atom. The summed E-state index contributed by atoms with van der Waals surface area (Å²) in [5, 5.41) is -0.499. The number of halogens is 3. The predicted molar refractivity (Wildman–Crippen MR) is 69.7 cm³/mol. The second-order valence-electron chi connectivity index (χ2n) is 4.50.